The molecule has 0 fully saturated rings. The summed E-state index contributed by atoms with van der Waals surface area (Å²) in [5.41, 5.74) is 0. The summed E-state index contributed by atoms with van der Waals surface area (Å²) >= 11 is 0. The molecule has 0 aliphatic heterocycles. The minimum atomic E-state index is -0.310. The van der Waals surface area contributed by atoms with Crippen LogP contribution in [0, 0.1) is 10.8 Å². The first kappa shape index (κ1) is 8.52. The molecule has 1 atom stereocenters. The average Bonchev–Trinajstić information content (AvgIpc) is 1.82. The summed E-state index contributed by atoms with van der Waals surface area (Å²) in [6.07, 6.45) is 0. The largest absolute Gasteiger partial charge is 0.302 e. The molecule has 54 valence electrons. The lowest BCUT2D eigenvalue weighted by atomic mass is 10.1. The van der Waals surface area contributed by atoms with Gasteiger partial charge in [-0.3, -0.25) is 0 Å². The highest BCUT2D eigenvalue weighted by Gasteiger charge is 2.12. The highest BCUT2D eigenvalue weighted by molar-refractivity contribution is 4.67. The molecule has 0 radical (unpaired) electrons. The van der Waals surface area contributed by atoms with Gasteiger partial charge in [-0.1, -0.05) is 19.0 Å². The molecule has 0 aliphatic carbocycles. The third kappa shape index (κ3) is 3.16. The molecule has 0 bridgehead atoms. The maximum absolute atomic E-state index is 9.95. The van der Waals surface area contributed by atoms with Crippen molar-refractivity contribution in [1.29, 1.82) is 0 Å². The van der Waals surface area contributed by atoms with Crippen molar-refractivity contribution < 1.29 is 4.84 Å². The van der Waals surface area contributed by atoms with Crippen molar-refractivity contribution in [3.05, 3.63) is 4.91 Å². The van der Waals surface area contributed by atoms with Crippen LogP contribution in [0.15, 0.2) is 5.18 Å². The Labute approximate surface area is 54.3 Å². The first-order valence-corrected chi connectivity index (χ1v) is 2.86. The molecule has 4 heteroatoms. The second-order valence-electron chi connectivity index (χ2n) is 2.25. The Morgan fingerprint density at radius 1 is 1.67 bits per heavy atom. The fraction of sp³-hybridized carbons (Fsp3) is 1.00. The van der Waals surface area contributed by atoms with Crippen LogP contribution in [0.3, 0.4) is 0 Å². The topological polar surface area (TPSA) is 64.7 Å². The maximum atomic E-state index is 9.95. The Morgan fingerprint density at radius 3 is 2.33 bits per heavy atom. The van der Waals surface area contributed by atoms with Gasteiger partial charge in [-0.05, 0) is 5.92 Å². The van der Waals surface area contributed by atoms with Crippen molar-refractivity contribution in [1.82, 2.24) is 0 Å². The van der Waals surface area contributed by atoms with E-state index in [1.807, 2.05) is 13.8 Å². The molecule has 4 nitrogen and oxygen atoms in total. The lowest BCUT2D eigenvalue weighted by molar-refractivity contribution is 0.112. The molecule has 0 aromatic carbocycles. The van der Waals surface area contributed by atoms with Crippen LogP contribution in [-0.2, 0) is 4.84 Å². The second-order valence-corrected chi connectivity index (χ2v) is 2.25. The van der Waals surface area contributed by atoms with E-state index in [2.05, 4.69) is 10.0 Å². The minimum Gasteiger partial charge on any atom is -0.302 e. The summed E-state index contributed by atoms with van der Waals surface area (Å²) in [6, 6.07) is -0.310. The van der Waals surface area contributed by atoms with Gasteiger partial charge in [-0.15, -0.1) is 0 Å². The fourth-order valence-electron chi connectivity index (χ4n) is 0.443. The van der Waals surface area contributed by atoms with Crippen molar-refractivity contribution in [2.75, 3.05) is 6.61 Å². The summed E-state index contributed by atoms with van der Waals surface area (Å²) in [4.78, 5) is 14.2. The van der Waals surface area contributed by atoms with Gasteiger partial charge in [-0.25, -0.2) is 5.90 Å². The van der Waals surface area contributed by atoms with Gasteiger partial charge in [0.1, 0.15) is 6.04 Å². The maximum Gasteiger partial charge on any atom is 0.119 e. The third-order valence-corrected chi connectivity index (χ3v) is 1.17. The summed E-state index contributed by atoms with van der Waals surface area (Å²) in [7, 11) is 0. The zero-order chi connectivity index (χ0) is 7.28. The van der Waals surface area contributed by atoms with Crippen molar-refractivity contribution in [2.45, 2.75) is 19.9 Å². The van der Waals surface area contributed by atoms with Crippen LogP contribution in [0.1, 0.15) is 13.8 Å². The van der Waals surface area contributed by atoms with Gasteiger partial charge in [-0.2, -0.15) is 4.91 Å². The Bertz CT molecular complexity index is 85.0. The van der Waals surface area contributed by atoms with E-state index in [1.54, 1.807) is 0 Å². The molecule has 0 saturated heterocycles. The fourth-order valence-corrected chi connectivity index (χ4v) is 0.443. The molecule has 0 unspecified atom stereocenters. The quantitative estimate of drug-likeness (QED) is 0.451. The van der Waals surface area contributed by atoms with Gasteiger partial charge in [0.15, 0.2) is 0 Å². The molecule has 0 heterocycles. The van der Waals surface area contributed by atoms with Crippen LogP contribution >= 0.6 is 0 Å². The highest BCUT2D eigenvalue weighted by Crippen LogP contribution is 2.04. The molecule has 0 rings (SSSR count). The zero-order valence-electron chi connectivity index (χ0n) is 5.70. The number of hydrogen-bond donors (Lipinski definition) is 1. The lowest BCUT2D eigenvalue weighted by Crippen LogP contribution is -2.21. The van der Waals surface area contributed by atoms with E-state index in [1.165, 1.54) is 0 Å². The molecule has 9 heavy (non-hydrogen) atoms. The predicted molar refractivity (Wildman–Crippen MR) is 34.6 cm³/mol. The van der Waals surface area contributed by atoms with Crippen LogP contribution in [0.25, 0.3) is 0 Å². The number of nitrogens with zero attached hydrogens (tertiary/aromatic N) is 1. The van der Waals surface area contributed by atoms with E-state index < -0.39 is 0 Å². The van der Waals surface area contributed by atoms with Gasteiger partial charge >= 0.3 is 0 Å². The molecule has 2 N–H and O–H groups in total. The van der Waals surface area contributed by atoms with E-state index in [-0.39, 0.29) is 18.6 Å². The Morgan fingerprint density at radius 2 is 2.22 bits per heavy atom. The Kier molecular flexibility index (Phi) is 4.17. The van der Waals surface area contributed by atoms with Gasteiger partial charge in [0, 0.05) is 0 Å². The number of nitrogens with two attached hydrogens (primary N) is 1. The Hall–Kier alpha value is -0.480. The molecule has 0 aromatic heterocycles. The average molecular weight is 132 g/mol. The monoisotopic (exact) mass is 132 g/mol. The van der Waals surface area contributed by atoms with E-state index in [4.69, 9.17) is 5.90 Å². The number of rotatable bonds is 4. The van der Waals surface area contributed by atoms with E-state index >= 15 is 0 Å². The second kappa shape index (κ2) is 4.40. The molecule has 0 aromatic rings. The van der Waals surface area contributed by atoms with E-state index in [0.29, 0.717) is 0 Å². The highest BCUT2D eigenvalue weighted by atomic mass is 16.6. The molecular weight excluding hydrogens is 120 g/mol. The van der Waals surface area contributed by atoms with Crippen molar-refractivity contribution in [2.24, 2.45) is 17.0 Å². The summed E-state index contributed by atoms with van der Waals surface area (Å²) < 4.78 is 0. The smallest absolute Gasteiger partial charge is 0.119 e. The van der Waals surface area contributed by atoms with Crippen LogP contribution in [0.4, 0.5) is 0 Å². The number of hydrogen-bond acceptors (Lipinski definition) is 4. The van der Waals surface area contributed by atoms with Crippen LogP contribution in [-0.4, -0.2) is 12.6 Å². The van der Waals surface area contributed by atoms with Gasteiger partial charge in [0.25, 0.3) is 0 Å². The van der Waals surface area contributed by atoms with Gasteiger partial charge in [0.05, 0.1) is 6.61 Å². The molecule has 0 spiro atoms. The SMILES string of the molecule is CC(C)[C@@H](CON)N=O. The minimum absolute atomic E-state index is 0.200. The van der Waals surface area contributed by atoms with E-state index in [9.17, 15) is 4.91 Å². The van der Waals surface area contributed by atoms with Crippen molar-refractivity contribution >= 4 is 0 Å². The van der Waals surface area contributed by atoms with Crippen molar-refractivity contribution in [3.8, 4) is 0 Å². The standard InChI is InChI=1S/C5H12N2O2/c1-4(2)5(7-8)3-9-6/h4-5H,3,6H2,1-2H3/t5-/m1/s1. The Balaban J connectivity index is 3.54. The number of nitroso groups, excluding NO2 is 1. The predicted octanol–water partition coefficient (Wildman–Crippen LogP) is 0.668. The van der Waals surface area contributed by atoms with E-state index in [0.717, 1.165) is 0 Å². The van der Waals surface area contributed by atoms with Crippen LogP contribution < -0.4 is 5.90 Å². The molecule has 0 saturated carbocycles. The third-order valence-electron chi connectivity index (χ3n) is 1.17. The molecular formula is C5H12N2O2. The summed E-state index contributed by atoms with van der Waals surface area (Å²) in [5.74, 6) is 4.94. The summed E-state index contributed by atoms with van der Waals surface area (Å²) in [5, 5.41) is 2.82. The zero-order valence-corrected chi connectivity index (χ0v) is 5.70. The first-order valence-electron chi connectivity index (χ1n) is 2.86. The van der Waals surface area contributed by atoms with Gasteiger partial charge < -0.3 is 4.84 Å². The first-order chi connectivity index (χ1) is 4.22. The molecule has 0 aliphatic rings. The van der Waals surface area contributed by atoms with Gasteiger partial charge in [0.2, 0.25) is 0 Å². The van der Waals surface area contributed by atoms with Crippen LogP contribution in [0.5, 0.6) is 0 Å². The van der Waals surface area contributed by atoms with Crippen LogP contribution in [0.2, 0.25) is 0 Å². The summed E-state index contributed by atoms with van der Waals surface area (Å²) in [6.45, 7) is 4.00. The normalized spacial score (nSPS) is 13.8. The van der Waals surface area contributed by atoms with Crippen molar-refractivity contribution in [3.63, 3.8) is 0 Å². The molecule has 0 amide bonds. The lowest BCUT2D eigenvalue weighted by Gasteiger charge is -2.09.